The van der Waals surface area contributed by atoms with Crippen LogP contribution in [-0.2, 0) is 5.41 Å². The van der Waals surface area contributed by atoms with Gasteiger partial charge in [0.1, 0.15) is 0 Å². The molecule has 0 fully saturated rings. The molecule has 2 nitrogen and oxygen atoms in total. The Bertz CT molecular complexity index is 1580. The molecule has 0 amide bonds. The molecule has 5 aromatic carbocycles. The Morgan fingerprint density at radius 3 is 1.79 bits per heavy atom. The smallest absolute Gasteiger partial charge is 0.0714 e. The highest BCUT2D eigenvalue weighted by Gasteiger charge is 2.50. The Hall–Kier alpha value is -4.30. The SMILES string of the molecule is c1ccc(C2Nc3c(ccc4[nH]c5ccccc5c34)C2(c2ccccc2)c2ccccc2)cc1. The minimum atomic E-state index is -0.369. The van der Waals surface area contributed by atoms with Crippen LogP contribution in [-0.4, -0.2) is 4.98 Å². The molecule has 1 atom stereocenters. The largest absolute Gasteiger partial charge is 0.376 e. The van der Waals surface area contributed by atoms with Gasteiger partial charge in [0.25, 0.3) is 0 Å². The van der Waals surface area contributed by atoms with E-state index in [1.807, 2.05) is 0 Å². The van der Waals surface area contributed by atoms with Gasteiger partial charge in [0, 0.05) is 27.5 Å². The quantitative estimate of drug-likeness (QED) is 0.291. The Balaban J connectivity index is 1.65. The van der Waals surface area contributed by atoms with Gasteiger partial charge in [-0.3, -0.25) is 0 Å². The van der Waals surface area contributed by atoms with Gasteiger partial charge in [0.2, 0.25) is 0 Å². The molecule has 34 heavy (non-hydrogen) atoms. The summed E-state index contributed by atoms with van der Waals surface area (Å²) in [6.45, 7) is 0. The first-order valence-corrected chi connectivity index (χ1v) is 11.8. The van der Waals surface area contributed by atoms with Gasteiger partial charge in [-0.2, -0.15) is 0 Å². The highest BCUT2D eigenvalue weighted by molar-refractivity contribution is 6.15. The molecule has 7 rings (SSSR count). The number of nitrogens with one attached hydrogen (secondary N) is 2. The van der Waals surface area contributed by atoms with Gasteiger partial charge in [-0.1, -0.05) is 115 Å². The summed E-state index contributed by atoms with van der Waals surface area (Å²) in [6.07, 6.45) is 0. The Labute approximate surface area is 198 Å². The van der Waals surface area contributed by atoms with E-state index in [0.29, 0.717) is 0 Å². The molecule has 6 aromatic rings. The minimum absolute atomic E-state index is 0.0489. The molecule has 0 spiro atoms. The van der Waals surface area contributed by atoms with E-state index in [1.165, 1.54) is 44.2 Å². The molecule has 1 unspecified atom stereocenters. The van der Waals surface area contributed by atoms with Crippen molar-refractivity contribution in [2.24, 2.45) is 0 Å². The number of aromatic amines is 1. The van der Waals surface area contributed by atoms with Crippen molar-refractivity contribution in [1.29, 1.82) is 0 Å². The van der Waals surface area contributed by atoms with Crippen molar-refractivity contribution < 1.29 is 0 Å². The Kier molecular flexibility index (Phi) is 4.16. The maximum Gasteiger partial charge on any atom is 0.0714 e. The molecule has 0 bridgehead atoms. The number of hydrogen-bond donors (Lipinski definition) is 2. The standard InChI is InChI=1S/C32H24N2/c1-4-12-22(13-5-1)31-32(23-14-6-2-7-15-23,24-16-8-3-9-17-24)26-20-21-28-29(30(26)34-31)25-18-10-11-19-27(25)33-28/h1-21,31,33-34H. The number of hydrogen-bond acceptors (Lipinski definition) is 1. The number of benzene rings is 5. The maximum atomic E-state index is 4.04. The lowest BCUT2D eigenvalue weighted by Gasteiger charge is -2.37. The van der Waals surface area contributed by atoms with Crippen LogP contribution in [0.1, 0.15) is 28.3 Å². The molecule has 0 saturated heterocycles. The number of fused-ring (bicyclic) bond motifs is 5. The number of rotatable bonds is 3. The fourth-order valence-electron chi connectivity index (χ4n) is 6.02. The molecular weight excluding hydrogens is 412 g/mol. The maximum absolute atomic E-state index is 4.04. The second kappa shape index (κ2) is 7.36. The van der Waals surface area contributed by atoms with Crippen LogP contribution in [0.2, 0.25) is 0 Å². The molecular formula is C32H24N2. The molecule has 162 valence electrons. The molecule has 0 radical (unpaired) electrons. The van der Waals surface area contributed by atoms with Gasteiger partial charge >= 0.3 is 0 Å². The molecule has 0 saturated carbocycles. The van der Waals surface area contributed by atoms with E-state index in [0.717, 1.165) is 5.52 Å². The van der Waals surface area contributed by atoms with Crippen LogP contribution in [0.25, 0.3) is 21.8 Å². The normalized spacial score (nSPS) is 16.4. The molecule has 2 N–H and O–H groups in total. The topological polar surface area (TPSA) is 27.8 Å². The Morgan fingerprint density at radius 2 is 1.12 bits per heavy atom. The van der Waals surface area contributed by atoms with Crippen LogP contribution in [0.5, 0.6) is 0 Å². The van der Waals surface area contributed by atoms with Gasteiger partial charge in [-0.15, -0.1) is 0 Å². The summed E-state index contributed by atoms with van der Waals surface area (Å²) >= 11 is 0. The van der Waals surface area contributed by atoms with Crippen molar-refractivity contribution in [2.45, 2.75) is 11.5 Å². The monoisotopic (exact) mass is 436 g/mol. The highest BCUT2D eigenvalue weighted by Crippen LogP contribution is 2.58. The first-order chi connectivity index (χ1) is 16.9. The van der Waals surface area contributed by atoms with Gasteiger partial charge in [0.15, 0.2) is 0 Å². The van der Waals surface area contributed by atoms with Gasteiger partial charge in [0.05, 0.1) is 11.5 Å². The van der Waals surface area contributed by atoms with Gasteiger partial charge in [-0.25, -0.2) is 0 Å². The van der Waals surface area contributed by atoms with Crippen LogP contribution in [0.15, 0.2) is 127 Å². The summed E-state index contributed by atoms with van der Waals surface area (Å²) in [5.74, 6) is 0. The van der Waals surface area contributed by atoms with Crippen molar-refractivity contribution >= 4 is 27.5 Å². The lowest BCUT2D eigenvalue weighted by Crippen LogP contribution is -2.35. The lowest BCUT2D eigenvalue weighted by molar-refractivity contribution is 0.554. The second-order valence-corrected chi connectivity index (χ2v) is 9.11. The fourth-order valence-corrected chi connectivity index (χ4v) is 6.02. The van der Waals surface area contributed by atoms with Crippen LogP contribution < -0.4 is 5.32 Å². The average Bonchev–Trinajstić information content (AvgIpc) is 3.47. The summed E-state index contributed by atoms with van der Waals surface area (Å²) < 4.78 is 0. The van der Waals surface area contributed by atoms with Crippen molar-refractivity contribution in [3.63, 3.8) is 0 Å². The summed E-state index contributed by atoms with van der Waals surface area (Å²) in [6, 6.07) is 46.0. The van der Waals surface area contributed by atoms with Crippen molar-refractivity contribution in [3.05, 3.63) is 150 Å². The summed E-state index contributed by atoms with van der Waals surface area (Å²) in [5.41, 5.74) is 8.36. The lowest BCUT2D eigenvalue weighted by atomic mass is 9.65. The van der Waals surface area contributed by atoms with Crippen LogP contribution in [0.4, 0.5) is 5.69 Å². The zero-order valence-electron chi connectivity index (χ0n) is 18.7. The summed E-state index contributed by atoms with van der Waals surface area (Å²) in [7, 11) is 0. The van der Waals surface area contributed by atoms with E-state index in [2.05, 4.69) is 138 Å². The van der Waals surface area contributed by atoms with Crippen molar-refractivity contribution in [2.75, 3.05) is 5.32 Å². The van der Waals surface area contributed by atoms with E-state index in [1.54, 1.807) is 0 Å². The zero-order chi connectivity index (χ0) is 22.5. The van der Waals surface area contributed by atoms with E-state index < -0.39 is 0 Å². The molecule has 1 aliphatic heterocycles. The number of H-pyrrole nitrogens is 1. The fraction of sp³-hybridized carbons (Fsp3) is 0.0625. The van der Waals surface area contributed by atoms with Crippen molar-refractivity contribution in [3.8, 4) is 0 Å². The number of anilines is 1. The molecule has 0 aliphatic carbocycles. The number of aromatic nitrogens is 1. The number of para-hydroxylation sites is 1. The molecule has 1 aromatic heterocycles. The second-order valence-electron chi connectivity index (χ2n) is 9.11. The highest BCUT2D eigenvalue weighted by atomic mass is 15.0. The van der Waals surface area contributed by atoms with Crippen LogP contribution >= 0.6 is 0 Å². The molecule has 2 heteroatoms. The zero-order valence-corrected chi connectivity index (χ0v) is 18.7. The van der Waals surface area contributed by atoms with E-state index in [-0.39, 0.29) is 11.5 Å². The third kappa shape index (κ3) is 2.57. The predicted molar refractivity (Wildman–Crippen MR) is 141 cm³/mol. The van der Waals surface area contributed by atoms with Crippen molar-refractivity contribution in [1.82, 2.24) is 4.98 Å². The van der Waals surface area contributed by atoms with E-state index in [9.17, 15) is 0 Å². The average molecular weight is 437 g/mol. The summed E-state index contributed by atoms with van der Waals surface area (Å²) in [5, 5.41) is 6.56. The predicted octanol–water partition coefficient (Wildman–Crippen LogP) is 7.82. The Morgan fingerprint density at radius 1 is 0.529 bits per heavy atom. The third-order valence-corrected chi connectivity index (χ3v) is 7.41. The van der Waals surface area contributed by atoms with Gasteiger partial charge < -0.3 is 10.3 Å². The third-order valence-electron chi connectivity index (χ3n) is 7.41. The first-order valence-electron chi connectivity index (χ1n) is 11.8. The summed E-state index contributed by atoms with van der Waals surface area (Å²) in [4.78, 5) is 3.63. The van der Waals surface area contributed by atoms with E-state index in [4.69, 9.17) is 0 Å². The van der Waals surface area contributed by atoms with Crippen LogP contribution in [0.3, 0.4) is 0 Å². The van der Waals surface area contributed by atoms with E-state index >= 15 is 0 Å². The minimum Gasteiger partial charge on any atom is -0.376 e. The first kappa shape index (κ1) is 19.2. The molecule has 2 heterocycles. The molecule has 1 aliphatic rings. The van der Waals surface area contributed by atoms with Crippen LogP contribution in [0, 0.1) is 0 Å². The van der Waals surface area contributed by atoms with Gasteiger partial charge in [-0.05, 0) is 34.4 Å².